The topological polar surface area (TPSA) is 66.8 Å². The molecule has 1 unspecified atom stereocenters. The molecule has 5 nitrogen and oxygen atoms in total. The van der Waals surface area contributed by atoms with E-state index < -0.39 is 17.7 Å². The van der Waals surface area contributed by atoms with Gasteiger partial charge in [0.15, 0.2) is 0 Å². The summed E-state index contributed by atoms with van der Waals surface area (Å²) in [5.41, 5.74) is 3.13. The quantitative estimate of drug-likeness (QED) is 0.228. The number of anilines is 1. The molecule has 0 saturated carbocycles. The molecule has 1 saturated heterocycles. The zero-order valence-electron chi connectivity index (χ0n) is 19.8. The fourth-order valence-electron chi connectivity index (χ4n) is 4.13. The van der Waals surface area contributed by atoms with Crippen LogP contribution in [0.25, 0.3) is 5.76 Å². The van der Waals surface area contributed by atoms with Gasteiger partial charge < -0.3 is 9.84 Å². The maximum atomic E-state index is 13.3. The summed E-state index contributed by atoms with van der Waals surface area (Å²) in [4.78, 5) is 28.0. The van der Waals surface area contributed by atoms with Gasteiger partial charge in [0.05, 0.1) is 17.7 Å². The molecule has 0 radical (unpaired) electrons. The second-order valence-electron chi connectivity index (χ2n) is 8.80. The van der Waals surface area contributed by atoms with Crippen molar-refractivity contribution in [2.75, 3.05) is 4.90 Å². The highest BCUT2D eigenvalue weighted by molar-refractivity contribution is 6.51. The van der Waals surface area contributed by atoms with Gasteiger partial charge in [0.25, 0.3) is 11.7 Å². The smallest absolute Gasteiger partial charge is 0.300 e. The number of carbonyl (C=O) groups is 2. The summed E-state index contributed by atoms with van der Waals surface area (Å²) in [5, 5.41) is 12.3. The molecule has 4 rings (SSSR count). The summed E-state index contributed by atoms with van der Waals surface area (Å²) < 4.78 is 5.79. The van der Waals surface area contributed by atoms with E-state index in [1.54, 1.807) is 60.7 Å². The molecule has 1 heterocycles. The Morgan fingerprint density at radius 3 is 2.23 bits per heavy atom. The summed E-state index contributed by atoms with van der Waals surface area (Å²) >= 11 is 12.4. The van der Waals surface area contributed by atoms with Gasteiger partial charge in [0.2, 0.25) is 0 Å². The van der Waals surface area contributed by atoms with Gasteiger partial charge in [-0.1, -0.05) is 41.4 Å². The van der Waals surface area contributed by atoms with E-state index in [1.807, 2.05) is 27.7 Å². The molecule has 1 amide bonds. The number of ketones is 1. The highest BCUT2D eigenvalue weighted by Crippen LogP contribution is 2.43. The minimum Gasteiger partial charge on any atom is -0.507 e. The Morgan fingerprint density at radius 2 is 1.63 bits per heavy atom. The summed E-state index contributed by atoms with van der Waals surface area (Å²) in [5.74, 6) is -1.11. The van der Waals surface area contributed by atoms with Crippen molar-refractivity contribution in [3.63, 3.8) is 0 Å². The van der Waals surface area contributed by atoms with Gasteiger partial charge in [-0.15, -0.1) is 0 Å². The molecule has 0 aromatic heterocycles. The number of nitrogens with zero attached hydrogens (tertiary/aromatic N) is 1. The third-order valence-electron chi connectivity index (χ3n) is 5.87. The van der Waals surface area contributed by atoms with E-state index in [0.29, 0.717) is 32.6 Å². The SMILES string of the molecule is Cc1ccc(N2C(=O)C(=O)/C(=C(/O)c3ccc(OC(C)C)c(C)c3)C2c2ccc(Cl)cc2)cc1Cl. The molecule has 7 heteroatoms. The fraction of sp³-hybridized carbons (Fsp3) is 0.214. The zero-order valence-corrected chi connectivity index (χ0v) is 21.3. The number of carbonyl (C=O) groups excluding carboxylic acids is 2. The van der Waals surface area contributed by atoms with Crippen molar-refractivity contribution in [3.8, 4) is 5.75 Å². The van der Waals surface area contributed by atoms with Crippen LogP contribution in [0.2, 0.25) is 10.0 Å². The molecular formula is C28H25Cl2NO4. The van der Waals surface area contributed by atoms with Gasteiger partial charge in [-0.2, -0.15) is 0 Å². The van der Waals surface area contributed by atoms with E-state index in [-0.39, 0.29) is 17.4 Å². The third kappa shape index (κ3) is 4.79. The van der Waals surface area contributed by atoms with E-state index in [2.05, 4.69) is 0 Å². The molecular weight excluding hydrogens is 485 g/mol. The van der Waals surface area contributed by atoms with Crippen molar-refractivity contribution in [1.29, 1.82) is 0 Å². The van der Waals surface area contributed by atoms with Crippen LogP contribution >= 0.6 is 23.2 Å². The van der Waals surface area contributed by atoms with Gasteiger partial charge in [-0.05, 0) is 86.8 Å². The van der Waals surface area contributed by atoms with Crippen molar-refractivity contribution < 1.29 is 19.4 Å². The number of Topliss-reactive ketones (excluding diaryl/α,β-unsaturated/α-hetero) is 1. The van der Waals surface area contributed by atoms with Crippen LogP contribution in [-0.2, 0) is 9.59 Å². The van der Waals surface area contributed by atoms with E-state index in [1.165, 1.54) is 4.90 Å². The summed E-state index contributed by atoms with van der Waals surface area (Å²) in [6.07, 6.45) is -0.00953. The maximum Gasteiger partial charge on any atom is 0.300 e. The number of amides is 1. The Labute approximate surface area is 214 Å². The standard InChI is InChI=1S/C28H25Cl2NO4/c1-15(2)35-23-12-8-19(13-17(23)4)26(32)24-25(18-6-9-20(29)10-7-18)31(28(34)27(24)33)21-11-5-16(3)22(30)14-21/h5-15,25,32H,1-4H3/b26-24+. The number of rotatable bonds is 5. The first kappa shape index (κ1) is 24.8. The maximum absolute atomic E-state index is 13.3. The Kier molecular flexibility index (Phi) is 6.93. The first-order valence-electron chi connectivity index (χ1n) is 11.2. The average Bonchev–Trinajstić information content (AvgIpc) is 3.07. The third-order valence-corrected chi connectivity index (χ3v) is 6.53. The highest BCUT2D eigenvalue weighted by Gasteiger charge is 2.47. The van der Waals surface area contributed by atoms with Crippen LogP contribution in [0.1, 0.15) is 42.1 Å². The van der Waals surface area contributed by atoms with Crippen molar-refractivity contribution in [1.82, 2.24) is 0 Å². The number of aliphatic hydroxyl groups is 1. The number of benzene rings is 3. The summed E-state index contributed by atoms with van der Waals surface area (Å²) in [7, 11) is 0. The van der Waals surface area contributed by atoms with Gasteiger partial charge in [-0.25, -0.2) is 0 Å². The lowest BCUT2D eigenvalue weighted by atomic mass is 9.94. The molecule has 180 valence electrons. The Balaban J connectivity index is 1.90. The number of hydrogen-bond acceptors (Lipinski definition) is 4. The average molecular weight is 510 g/mol. The molecule has 1 fully saturated rings. The van der Waals surface area contributed by atoms with Crippen LogP contribution in [0.3, 0.4) is 0 Å². The minimum absolute atomic E-state index is 0.00838. The lowest BCUT2D eigenvalue weighted by molar-refractivity contribution is -0.132. The fourth-order valence-corrected chi connectivity index (χ4v) is 4.43. The monoisotopic (exact) mass is 509 g/mol. The van der Waals surface area contributed by atoms with Gasteiger partial charge in [-0.3, -0.25) is 14.5 Å². The van der Waals surface area contributed by atoms with Crippen molar-refractivity contribution >= 4 is 46.3 Å². The summed E-state index contributed by atoms with van der Waals surface area (Å²) in [6, 6.07) is 16.3. The molecule has 0 bridgehead atoms. The van der Waals surface area contributed by atoms with E-state index >= 15 is 0 Å². The van der Waals surface area contributed by atoms with Crippen LogP contribution in [0.5, 0.6) is 5.75 Å². The van der Waals surface area contributed by atoms with Crippen LogP contribution in [0.15, 0.2) is 66.2 Å². The number of halogens is 2. The molecule has 3 aromatic carbocycles. The van der Waals surface area contributed by atoms with E-state index in [4.69, 9.17) is 27.9 Å². The predicted octanol–water partition coefficient (Wildman–Crippen LogP) is 7.02. The first-order chi connectivity index (χ1) is 16.6. The van der Waals surface area contributed by atoms with Gasteiger partial charge in [0, 0.05) is 21.3 Å². The Hall–Kier alpha value is -3.28. The van der Waals surface area contributed by atoms with Gasteiger partial charge >= 0.3 is 0 Å². The van der Waals surface area contributed by atoms with Crippen molar-refractivity contribution in [2.24, 2.45) is 0 Å². The number of hydrogen-bond donors (Lipinski definition) is 1. The molecule has 3 aromatic rings. The lowest BCUT2D eigenvalue weighted by Crippen LogP contribution is -2.29. The van der Waals surface area contributed by atoms with Gasteiger partial charge in [0.1, 0.15) is 11.5 Å². The second-order valence-corrected chi connectivity index (χ2v) is 9.64. The largest absolute Gasteiger partial charge is 0.507 e. The molecule has 1 atom stereocenters. The number of aliphatic hydroxyl groups excluding tert-OH is 1. The minimum atomic E-state index is -0.863. The second kappa shape index (κ2) is 9.76. The zero-order chi connectivity index (χ0) is 25.4. The summed E-state index contributed by atoms with van der Waals surface area (Å²) in [6.45, 7) is 7.57. The first-order valence-corrected chi connectivity index (χ1v) is 11.9. The van der Waals surface area contributed by atoms with Crippen LogP contribution < -0.4 is 9.64 Å². The predicted molar refractivity (Wildman–Crippen MR) is 139 cm³/mol. The van der Waals surface area contributed by atoms with Crippen LogP contribution in [0.4, 0.5) is 5.69 Å². The van der Waals surface area contributed by atoms with E-state index in [9.17, 15) is 14.7 Å². The van der Waals surface area contributed by atoms with Crippen LogP contribution in [0, 0.1) is 13.8 Å². The Bertz CT molecular complexity index is 1350. The molecule has 1 N–H and O–H groups in total. The number of ether oxygens (including phenoxy) is 1. The van der Waals surface area contributed by atoms with Crippen molar-refractivity contribution in [3.05, 3.63) is 98.5 Å². The lowest BCUT2D eigenvalue weighted by Gasteiger charge is -2.26. The Morgan fingerprint density at radius 1 is 0.943 bits per heavy atom. The molecule has 1 aliphatic rings. The van der Waals surface area contributed by atoms with E-state index in [0.717, 1.165) is 11.1 Å². The normalized spacial score (nSPS) is 17.3. The number of aryl methyl sites for hydroxylation is 2. The molecule has 35 heavy (non-hydrogen) atoms. The molecule has 1 aliphatic heterocycles. The molecule has 0 aliphatic carbocycles. The molecule has 0 spiro atoms. The van der Waals surface area contributed by atoms with Crippen LogP contribution in [-0.4, -0.2) is 22.9 Å². The van der Waals surface area contributed by atoms with Crippen molar-refractivity contribution in [2.45, 2.75) is 39.8 Å². The highest BCUT2D eigenvalue weighted by atomic mass is 35.5.